The molecule has 3 rings (SSSR count). The molecule has 0 saturated heterocycles. The number of halogens is 1. The third-order valence-electron chi connectivity index (χ3n) is 3.60. The van der Waals surface area contributed by atoms with Gasteiger partial charge in [0.2, 0.25) is 0 Å². The SMILES string of the molecule is O=C(OCCN1C(=O)c2ccccc2C1=O)c1cc(Cl)ccc1O. The number of phenolic OH excluding ortho intramolecular Hbond substituents is 1. The Morgan fingerprint density at radius 2 is 1.71 bits per heavy atom. The Hall–Kier alpha value is -2.86. The molecule has 7 heteroatoms. The van der Waals surface area contributed by atoms with Crippen molar-refractivity contribution in [2.45, 2.75) is 0 Å². The minimum Gasteiger partial charge on any atom is -0.507 e. The van der Waals surface area contributed by atoms with Crippen LogP contribution in [0, 0.1) is 0 Å². The Labute approximate surface area is 142 Å². The summed E-state index contributed by atoms with van der Waals surface area (Å²) in [4.78, 5) is 37.3. The number of esters is 1. The Morgan fingerprint density at radius 1 is 1.08 bits per heavy atom. The maximum atomic E-state index is 12.2. The summed E-state index contributed by atoms with van der Waals surface area (Å²) in [6, 6.07) is 10.5. The molecule has 0 atom stereocenters. The molecular weight excluding hydrogens is 334 g/mol. The number of ether oxygens (including phenoxy) is 1. The van der Waals surface area contributed by atoms with Crippen molar-refractivity contribution >= 4 is 29.4 Å². The van der Waals surface area contributed by atoms with E-state index < -0.39 is 17.8 Å². The van der Waals surface area contributed by atoms with E-state index in [1.54, 1.807) is 24.3 Å². The van der Waals surface area contributed by atoms with Crippen molar-refractivity contribution in [3.05, 3.63) is 64.2 Å². The molecule has 0 aromatic heterocycles. The first-order chi connectivity index (χ1) is 11.5. The molecule has 2 aromatic rings. The van der Waals surface area contributed by atoms with E-state index in [1.807, 2.05) is 0 Å². The lowest BCUT2D eigenvalue weighted by molar-refractivity contribution is 0.0418. The average molecular weight is 346 g/mol. The number of fused-ring (bicyclic) bond motifs is 1. The molecule has 1 aliphatic heterocycles. The van der Waals surface area contributed by atoms with E-state index in [-0.39, 0.29) is 29.5 Å². The molecule has 1 aliphatic rings. The zero-order chi connectivity index (χ0) is 17.3. The normalized spacial score (nSPS) is 13.1. The maximum Gasteiger partial charge on any atom is 0.342 e. The molecule has 2 amide bonds. The standard InChI is InChI=1S/C17H12ClNO5/c18-10-5-6-14(20)13(9-10)17(23)24-8-7-19-15(21)11-3-1-2-4-12(11)16(19)22/h1-6,9,20H,7-8H2. The van der Waals surface area contributed by atoms with Gasteiger partial charge in [0.15, 0.2) is 0 Å². The summed E-state index contributed by atoms with van der Waals surface area (Å²) >= 11 is 5.77. The van der Waals surface area contributed by atoms with Crippen molar-refractivity contribution in [1.82, 2.24) is 4.90 Å². The predicted octanol–water partition coefficient (Wildman–Crippen LogP) is 2.50. The smallest absolute Gasteiger partial charge is 0.342 e. The van der Waals surface area contributed by atoms with E-state index in [4.69, 9.17) is 16.3 Å². The van der Waals surface area contributed by atoms with Gasteiger partial charge in [-0.25, -0.2) is 4.79 Å². The van der Waals surface area contributed by atoms with E-state index in [9.17, 15) is 19.5 Å². The number of imide groups is 1. The van der Waals surface area contributed by atoms with Crippen LogP contribution >= 0.6 is 11.6 Å². The molecule has 122 valence electrons. The number of carbonyl (C=O) groups excluding carboxylic acids is 3. The molecule has 0 radical (unpaired) electrons. The number of nitrogens with zero attached hydrogens (tertiary/aromatic N) is 1. The second-order valence-electron chi connectivity index (χ2n) is 5.10. The van der Waals surface area contributed by atoms with Gasteiger partial charge >= 0.3 is 5.97 Å². The largest absolute Gasteiger partial charge is 0.507 e. The third kappa shape index (κ3) is 2.83. The summed E-state index contributed by atoms with van der Waals surface area (Å²) < 4.78 is 5.02. The van der Waals surface area contributed by atoms with Gasteiger partial charge in [-0.2, -0.15) is 0 Å². The van der Waals surface area contributed by atoms with Crippen molar-refractivity contribution in [3.8, 4) is 5.75 Å². The highest BCUT2D eigenvalue weighted by atomic mass is 35.5. The van der Waals surface area contributed by atoms with Crippen LogP contribution in [0.25, 0.3) is 0 Å². The van der Waals surface area contributed by atoms with Gasteiger partial charge in [-0.05, 0) is 30.3 Å². The van der Waals surface area contributed by atoms with Crippen molar-refractivity contribution in [3.63, 3.8) is 0 Å². The zero-order valence-corrected chi connectivity index (χ0v) is 13.1. The summed E-state index contributed by atoms with van der Waals surface area (Å²) in [5.41, 5.74) is 0.590. The molecule has 0 fully saturated rings. The Balaban J connectivity index is 1.63. The van der Waals surface area contributed by atoms with Crippen molar-refractivity contribution in [2.24, 2.45) is 0 Å². The van der Waals surface area contributed by atoms with Gasteiger partial charge in [0.1, 0.15) is 17.9 Å². The topological polar surface area (TPSA) is 83.9 Å². The number of aromatic hydroxyl groups is 1. The first-order valence-corrected chi connectivity index (χ1v) is 7.47. The Bertz CT molecular complexity index is 814. The third-order valence-corrected chi connectivity index (χ3v) is 3.84. The fraction of sp³-hybridized carbons (Fsp3) is 0.118. The van der Waals surface area contributed by atoms with Gasteiger partial charge < -0.3 is 9.84 Å². The van der Waals surface area contributed by atoms with Gasteiger partial charge in [0, 0.05) is 5.02 Å². The molecule has 2 aromatic carbocycles. The van der Waals surface area contributed by atoms with Gasteiger partial charge in [-0.1, -0.05) is 23.7 Å². The second kappa shape index (κ2) is 6.33. The molecule has 0 unspecified atom stereocenters. The number of amides is 2. The van der Waals surface area contributed by atoms with E-state index >= 15 is 0 Å². The summed E-state index contributed by atoms with van der Waals surface area (Å²) in [6.07, 6.45) is 0. The summed E-state index contributed by atoms with van der Waals surface area (Å²) in [5, 5.41) is 9.92. The predicted molar refractivity (Wildman–Crippen MR) is 85.2 cm³/mol. The molecular formula is C17H12ClNO5. The minimum atomic E-state index is -0.786. The molecule has 0 saturated carbocycles. The number of phenols is 1. The number of hydrogen-bond acceptors (Lipinski definition) is 5. The van der Waals surface area contributed by atoms with Crippen LogP contribution in [0.5, 0.6) is 5.75 Å². The van der Waals surface area contributed by atoms with E-state index in [0.29, 0.717) is 11.1 Å². The highest BCUT2D eigenvalue weighted by Gasteiger charge is 2.34. The zero-order valence-electron chi connectivity index (χ0n) is 12.4. The quantitative estimate of drug-likeness (QED) is 0.680. The second-order valence-corrected chi connectivity index (χ2v) is 5.54. The maximum absolute atomic E-state index is 12.2. The Morgan fingerprint density at radius 3 is 2.33 bits per heavy atom. The van der Waals surface area contributed by atoms with Crippen molar-refractivity contribution in [1.29, 1.82) is 0 Å². The Kier molecular flexibility index (Phi) is 4.22. The first kappa shape index (κ1) is 16.0. The summed E-state index contributed by atoms with van der Waals surface area (Å²) in [6.45, 7) is -0.254. The van der Waals surface area contributed by atoms with Crippen LogP contribution in [0.1, 0.15) is 31.1 Å². The minimum absolute atomic E-state index is 0.0700. The number of benzene rings is 2. The average Bonchev–Trinajstić information content (AvgIpc) is 2.82. The van der Waals surface area contributed by atoms with Crippen LogP contribution in [0.4, 0.5) is 0 Å². The molecule has 0 spiro atoms. The van der Waals surface area contributed by atoms with Crippen LogP contribution in [-0.4, -0.2) is 40.9 Å². The van der Waals surface area contributed by atoms with Gasteiger partial charge in [0.25, 0.3) is 11.8 Å². The highest BCUT2D eigenvalue weighted by Crippen LogP contribution is 2.23. The summed E-state index contributed by atoms with van der Waals surface area (Å²) in [7, 11) is 0. The number of hydrogen-bond donors (Lipinski definition) is 1. The first-order valence-electron chi connectivity index (χ1n) is 7.10. The van der Waals surface area contributed by atoms with Gasteiger partial charge in [-0.15, -0.1) is 0 Å². The number of rotatable bonds is 4. The molecule has 6 nitrogen and oxygen atoms in total. The van der Waals surface area contributed by atoms with Crippen LogP contribution in [-0.2, 0) is 4.74 Å². The van der Waals surface area contributed by atoms with E-state index in [2.05, 4.69) is 0 Å². The lowest BCUT2D eigenvalue weighted by Crippen LogP contribution is -2.33. The van der Waals surface area contributed by atoms with E-state index in [1.165, 1.54) is 18.2 Å². The molecule has 0 bridgehead atoms. The van der Waals surface area contributed by atoms with Crippen LogP contribution in [0.2, 0.25) is 5.02 Å². The van der Waals surface area contributed by atoms with Crippen molar-refractivity contribution in [2.75, 3.05) is 13.2 Å². The number of carbonyl (C=O) groups is 3. The van der Waals surface area contributed by atoms with Gasteiger partial charge in [-0.3, -0.25) is 14.5 Å². The molecule has 1 N–H and O–H groups in total. The van der Waals surface area contributed by atoms with Crippen LogP contribution in [0.3, 0.4) is 0 Å². The van der Waals surface area contributed by atoms with Crippen LogP contribution in [0.15, 0.2) is 42.5 Å². The monoisotopic (exact) mass is 345 g/mol. The molecule has 0 aliphatic carbocycles. The molecule has 24 heavy (non-hydrogen) atoms. The van der Waals surface area contributed by atoms with Crippen molar-refractivity contribution < 1.29 is 24.2 Å². The lowest BCUT2D eigenvalue weighted by atomic mass is 10.1. The summed E-state index contributed by atoms with van der Waals surface area (Å²) in [5.74, 6) is -1.88. The van der Waals surface area contributed by atoms with Crippen LogP contribution < -0.4 is 0 Å². The lowest BCUT2D eigenvalue weighted by Gasteiger charge is -2.14. The van der Waals surface area contributed by atoms with E-state index in [0.717, 1.165) is 4.90 Å². The fourth-order valence-corrected chi connectivity index (χ4v) is 2.59. The fourth-order valence-electron chi connectivity index (χ4n) is 2.42. The van der Waals surface area contributed by atoms with Gasteiger partial charge in [0.05, 0.1) is 17.7 Å². The molecule has 1 heterocycles. The highest BCUT2D eigenvalue weighted by molar-refractivity contribution is 6.31.